The Morgan fingerprint density at radius 1 is 0.963 bits per heavy atom. The molecule has 1 amide bonds. The third kappa shape index (κ3) is 4.44. The van der Waals surface area contributed by atoms with Gasteiger partial charge in [0.25, 0.3) is 5.91 Å². The van der Waals surface area contributed by atoms with Gasteiger partial charge in [-0.25, -0.2) is 0 Å². The second kappa shape index (κ2) is 8.03. The molecule has 0 unspecified atom stereocenters. The second-order valence-electron chi connectivity index (χ2n) is 7.61. The molecule has 1 fully saturated rings. The number of carbonyl (C=O) groups is 1. The first kappa shape index (κ1) is 19.3. The van der Waals surface area contributed by atoms with Gasteiger partial charge >= 0.3 is 0 Å². The molecule has 4 nitrogen and oxygen atoms in total. The number of hydrogen-bond acceptors (Lipinski definition) is 3. The van der Waals surface area contributed by atoms with Gasteiger partial charge in [-0.1, -0.05) is 18.2 Å². The first-order valence-electron chi connectivity index (χ1n) is 9.70. The van der Waals surface area contributed by atoms with E-state index in [1.807, 2.05) is 37.8 Å². The fourth-order valence-electron chi connectivity index (χ4n) is 3.76. The highest BCUT2D eigenvalue weighted by molar-refractivity contribution is 5.81. The van der Waals surface area contributed by atoms with E-state index in [2.05, 4.69) is 43.0 Å². The van der Waals surface area contributed by atoms with Gasteiger partial charge in [0.05, 0.1) is 0 Å². The van der Waals surface area contributed by atoms with Crippen LogP contribution in [0.4, 0.5) is 5.69 Å². The van der Waals surface area contributed by atoms with E-state index in [0.29, 0.717) is 0 Å². The van der Waals surface area contributed by atoms with Crippen molar-refractivity contribution < 1.29 is 9.53 Å². The van der Waals surface area contributed by atoms with E-state index < -0.39 is 6.10 Å². The Kier molecular flexibility index (Phi) is 5.73. The van der Waals surface area contributed by atoms with Crippen LogP contribution in [0.5, 0.6) is 5.75 Å². The molecule has 0 N–H and O–H groups in total. The van der Waals surface area contributed by atoms with E-state index >= 15 is 0 Å². The van der Waals surface area contributed by atoms with Crippen molar-refractivity contribution in [3.63, 3.8) is 0 Å². The number of carbonyl (C=O) groups excluding carboxylic acids is 1. The molecule has 0 bridgehead atoms. The summed E-state index contributed by atoms with van der Waals surface area (Å²) in [5, 5.41) is 0. The van der Waals surface area contributed by atoms with Crippen LogP contribution in [0.25, 0.3) is 0 Å². The number of piperazine rings is 1. The lowest BCUT2D eigenvalue weighted by Gasteiger charge is -2.38. The lowest BCUT2D eigenvalue weighted by molar-refractivity contribution is -0.138. The SMILES string of the molecule is Cc1cc(C)cc(O[C@@H](C)C(=O)N2CCN(c3cccc(C)c3C)CC2)c1. The summed E-state index contributed by atoms with van der Waals surface area (Å²) >= 11 is 0. The minimum atomic E-state index is -0.474. The number of benzene rings is 2. The van der Waals surface area contributed by atoms with Crippen molar-refractivity contribution in [3.05, 3.63) is 58.7 Å². The van der Waals surface area contributed by atoms with E-state index in [9.17, 15) is 4.79 Å². The van der Waals surface area contributed by atoms with Crippen molar-refractivity contribution in [1.82, 2.24) is 4.90 Å². The van der Waals surface area contributed by atoms with Crippen LogP contribution in [0.15, 0.2) is 36.4 Å². The van der Waals surface area contributed by atoms with Crippen molar-refractivity contribution in [1.29, 1.82) is 0 Å². The van der Waals surface area contributed by atoms with Gasteiger partial charge < -0.3 is 14.5 Å². The molecule has 1 aliphatic rings. The Hall–Kier alpha value is -2.49. The maximum atomic E-state index is 12.8. The van der Waals surface area contributed by atoms with E-state index in [0.717, 1.165) is 43.1 Å². The van der Waals surface area contributed by atoms with Gasteiger partial charge in [0.2, 0.25) is 0 Å². The van der Waals surface area contributed by atoms with Crippen molar-refractivity contribution in [2.75, 3.05) is 31.1 Å². The third-order valence-corrected chi connectivity index (χ3v) is 5.36. The summed E-state index contributed by atoms with van der Waals surface area (Å²) in [5.41, 5.74) is 6.20. The van der Waals surface area contributed by atoms with Crippen LogP contribution in [0.1, 0.15) is 29.2 Å². The average Bonchev–Trinajstić information content (AvgIpc) is 2.62. The molecule has 0 spiro atoms. The molecule has 3 rings (SSSR count). The molecule has 1 aliphatic heterocycles. The van der Waals surface area contributed by atoms with Gasteiger partial charge in [-0.3, -0.25) is 4.79 Å². The van der Waals surface area contributed by atoms with E-state index in [1.54, 1.807) is 0 Å². The lowest BCUT2D eigenvalue weighted by Crippen LogP contribution is -2.52. The molecule has 4 heteroatoms. The Morgan fingerprint density at radius 3 is 2.22 bits per heavy atom. The molecule has 2 aromatic carbocycles. The first-order valence-corrected chi connectivity index (χ1v) is 9.70. The minimum Gasteiger partial charge on any atom is -0.481 e. The van der Waals surface area contributed by atoms with E-state index in [4.69, 9.17) is 4.74 Å². The molecule has 1 atom stereocenters. The lowest BCUT2D eigenvalue weighted by atomic mass is 10.1. The normalized spacial score (nSPS) is 15.6. The van der Waals surface area contributed by atoms with Gasteiger partial charge in [-0.15, -0.1) is 0 Å². The maximum absolute atomic E-state index is 12.8. The Bertz CT molecular complexity index is 803. The number of nitrogens with zero attached hydrogens (tertiary/aromatic N) is 2. The summed E-state index contributed by atoms with van der Waals surface area (Å²) in [7, 11) is 0. The zero-order valence-corrected chi connectivity index (χ0v) is 17.1. The van der Waals surface area contributed by atoms with Crippen LogP contribution < -0.4 is 9.64 Å². The molecule has 27 heavy (non-hydrogen) atoms. The topological polar surface area (TPSA) is 32.8 Å². The summed E-state index contributed by atoms with van der Waals surface area (Å²) in [4.78, 5) is 17.1. The molecule has 2 aromatic rings. The number of ether oxygens (including phenoxy) is 1. The Balaban J connectivity index is 1.60. The fourth-order valence-corrected chi connectivity index (χ4v) is 3.76. The number of hydrogen-bond donors (Lipinski definition) is 0. The third-order valence-electron chi connectivity index (χ3n) is 5.36. The van der Waals surface area contributed by atoms with Crippen LogP contribution in [0.2, 0.25) is 0 Å². The Morgan fingerprint density at radius 2 is 1.59 bits per heavy atom. The molecular formula is C23H30N2O2. The molecule has 1 heterocycles. The van der Waals surface area contributed by atoms with Crippen molar-refractivity contribution in [3.8, 4) is 5.75 Å². The van der Waals surface area contributed by atoms with Crippen LogP contribution in [0, 0.1) is 27.7 Å². The summed E-state index contributed by atoms with van der Waals surface area (Å²) in [6.07, 6.45) is -0.474. The Labute approximate surface area is 162 Å². The highest BCUT2D eigenvalue weighted by atomic mass is 16.5. The number of rotatable bonds is 4. The molecule has 0 aliphatic carbocycles. The number of aryl methyl sites for hydroxylation is 3. The zero-order valence-electron chi connectivity index (χ0n) is 17.1. The van der Waals surface area contributed by atoms with Crippen molar-refractivity contribution in [2.45, 2.75) is 40.7 Å². The highest BCUT2D eigenvalue weighted by Gasteiger charge is 2.26. The van der Waals surface area contributed by atoms with E-state index in [1.165, 1.54) is 16.8 Å². The smallest absolute Gasteiger partial charge is 0.263 e. The van der Waals surface area contributed by atoms with Gasteiger partial charge in [-0.05, 0) is 75.1 Å². The predicted molar refractivity (Wildman–Crippen MR) is 111 cm³/mol. The first-order chi connectivity index (χ1) is 12.8. The molecule has 0 aromatic heterocycles. The van der Waals surface area contributed by atoms with Gasteiger partial charge in [0.1, 0.15) is 5.75 Å². The summed E-state index contributed by atoms with van der Waals surface area (Å²) in [6, 6.07) is 12.5. The number of anilines is 1. The van der Waals surface area contributed by atoms with Crippen molar-refractivity contribution >= 4 is 11.6 Å². The highest BCUT2D eigenvalue weighted by Crippen LogP contribution is 2.24. The van der Waals surface area contributed by atoms with E-state index in [-0.39, 0.29) is 5.91 Å². The molecule has 1 saturated heterocycles. The van der Waals surface area contributed by atoms with Gasteiger partial charge in [0.15, 0.2) is 6.10 Å². The minimum absolute atomic E-state index is 0.0646. The largest absolute Gasteiger partial charge is 0.481 e. The molecular weight excluding hydrogens is 336 g/mol. The van der Waals surface area contributed by atoms with Gasteiger partial charge in [-0.2, -0.15) is 0 Å². The maximum Gasteiger partial charge on any atom is 0.263 e. The van der Waals surface area contributed by atoms with Crippen LogP contribution >= 0.6 is 0 Å². The number of amides is 1. The average molecular weight is 367 g/mol. The molecule has 144 valence electrons. The van der Waals surface area contributed by atoms with Crippen LogP contribution in [-0.2, 0) is 4.79 Å². The fraction of sp³-hybridized carbons (Fsp3) is 0.435. The standard InChI is InChI=1S/C23H30N2O2/c1-16-13-17(2)15-21(14-16)27-20(5)23(26)25-11-9-24(10-12-25)22-8-6-7-18(3)19(22)4/h6-8,13-15,20H,9-12H2,1-5H3/t20-/m0/s1. The van der Waals surface area contributed by atoms with Crippen LogP contribution in [0.3, 0.4) is 0 Å². The molecule has 0 saturated carbocycles. The zero-order chi connectivity index (χ0) is 19.6. The molecule has 0 radical (unpaired) electrons. The predicted octanol–water partition coefficient (Wildman–Crippen LogP) is 4.04. The quantitative estimate of drug-likeness (QED) is 0.819. The second-order valence-corrected chi connectivity index (χ2v) is 7.61. The summed E-state index contributed by atoms with van der Waals surface area (Å²) in [5.74, 6) is 0.831. The summed E-state index contributed by atoms with van der Waals surface area (Å²) in [6.45, 7) is 13.4. The van der Waals surface area contributed by atoms with Crippen LogP contribution in [-0.4, -0.2) is 43.1 Å². The van der Waals surface area contributed by atoms with Crippen molar-refractivity contribution in [2.24, 2.45) is 0 Å². The monoisotopic (exact) mass is 366 g/mol. The summed E-state index contributed by atoms with van der Waals surface area (Å²) < 4.78 is 5.93. The van der Waals surface area contributed by atoms with Gasteiger partial charge in [0, 0.05) is 31.9 Å².